The number of nitrogens with one attached hydrogen (secondary N) is 5. The summed E-state index contributed by atoms with van der Waals surface area (Å²) >= 11 is 0. The summed E-state index contributed by atoms with van der Waals surface area (Å²) < 4.78 is 5.31. The Kier molecular flexibility index (Phi) is 15.8. The van der Waals surface area contributed by atoms with Crippen LogP contribution < -0.4 is 38.1 Å². The minimum absolute atomic E-state index is 0.0481. The van der Waals surface area contributed by atoms with Crippen LogP contribution in [0.3, 0.4) is 0 Å². The second-order valence-corrected chi connectivity index (χ2v) is 9.28. The molecular weight excluding hydrogens is 538 g/mol. The van der Waals surface area contributed by atoms with Gasteiger partial charge in [0.2, 0.25) is 23.6 Å². The number of nitrogens with zero attached hydrogens (tertiary/aromatic N) is 2. The third-order valence-corrected chi connectivity index (χ3v) is 5.48. The molecule has 0 spiro atoms. The van der Waals surface area contributed by atoms with Crippen molar-refractivity contribution in [3.63, 3.8) is 0 Å². The molecule has 16 heteroatoms. The van der Waals surface area contributed by atoms with Crippen molar-refractivity contribution in [3.05, 3.63) is 29.8 Å². The number of carbonyl (C=O) groups excluding carboxylic acids is 6. The number of hydrogen-bond acceptors (Lipinski definition) is 9. The molecule has 0 bridgehead atoms. The van der Waals surface area contributed by atoms with Crippen LogP contribution in [0.15, 0.2) is 24.3 Å². The van der Waals surface area contributed by atoms with E-state index >= 15 is 0 Å². The first-order chi connectivity index (χ1) is 19.4. The summed E-state index contributed by atoms with van der Waals surface area (Å²) in [4.78, 5) is 74.7. The Morgan fingerprint density at radius 2 is 1.51 bits per heavy atom. The Hall–Kier alpha value is -4.44. The van der Waals surface area contributed by atoms with Gasteiger partial charge in [-0.15, -0.1) is 0 Å². The summed E-state index contributed by atoms with van der Waals surface area (Å²) in [6, 6.07) is 4.91. The summed E-state index contributed by atoms with van der Waals surface area (Å²) in [6.07, 6.45) is 0.0324. The van der Waals surface area contributed by atoms with Crippen LogP contribution in [-0.4, -0.2) is 112 Å². The van der Waals surface area contributed by atoms with E-state index in [2.05, 4.69) is 26.6 Å². The summed E-state index contributed by atoms with van der Waals surface area (Å²) in [5, 5.41) is 12.3. The highest BCUT2D eigenvalue weighted by atomic mass is 16.6. The number of anilines is 1. The molecule has 1 rings (SSSR count). The molecule has 0 fully saturated rings. The van der Waals surface area contributed by atoms with Gasteiger partial charge >= 0.3 is 12.1 Å². The molecule has 0 aliphatic rings. The standard InChI is InChI=1S/C25H41N9O7/c1-33(2)11-12-34(3)25(40)41-16-17-6-8-18(9-7-17)31-23(38)19(5-4-10-28-24(27)39)32-22(37)15-30-21(36)14-29-20(35)13-26/h6-9,19H,4-5,10-16,26H2,1-3H3,(H,29,35)(H,30,36)(H,31,38)(H,32,37)(H3,27,28,39). The normalized spacial score (nSPS) is 11.1. The quantitative estimate of drug-likeness (QED) is 0.0999. The highest BCUT2D eigenvalue weighted by Gasteiger charge is 2.21. The number of carbonyl (C=O) groups is 6. The Morgan fingerprint density at radius 3 is 2.12 bits per heavy atom. The summed E-state index contributed by atoms with van der Waals surface area (Å²) in [5.41, 5.74) is 11.3. The minimum Gasteiger partial charge on any atom is -0.445 e. The van der Waals surface area contributed by atoms with E-state index in [4.69, 9.17) is 16.2 Å². The first-order valence-electron chi connectivity index (χ1n) is 12.9. The molecule has 0 saturated heterocycles. The maximum absolute atomic E-state index is 12.9. The van der Waals surface area contributed by atoms with Crippen molar-refractivity contribution in [3.8, 4) is 0 Å². The molecule has 7 amide bonds. The van der Waals surface area contributed by atoms with Gasteiger partial charge in [-0.25, -0.2) is 9.59 Å². The molecule has 9 N–H and O–H groups in total. The van der Waals surface area contributed by atoms with Crippen molar-refractivity contribution >= 4 is 41.4 Å². The number of amides is 7. The topological polar surface area (TPSA) is 230 Å². The molecule has 1 atom stereocenters. The molecule has 16 nitrogen and oxygen atoms in total. The number of ether oxygens (including phenoxy) is 1. The van der Waals surface area contributed by atoms with Crippen LogP contribution in [0.25, 0.3) is 0 Å². The monoisotopic (exact) mass is 579 g/mol. The van der Waals surface area contributed by atoms with Crippen LogP contribution in [-0.2, 0) is 30.5 Å². The van der Waals surface area contributed by atoms with Gasteiger partial charge in [-0.2, -0.15) is 0 Å². The predicted octanol–water partition coefficient (Wildman–Crippen LogP) is -2.12. The Labute approximate surface area is 238 Å². The van der Waals surface area contributed by atoms with Crippen LogP contribution in [0.4, 0.5) is 15.3 Å². The van der Waals surface area contributed by atoms with E-state index in [0.717, 1.165) is 0 Å². The lowest BCUT2D eigenvalue weighted by Crippen LogP contribution is -2.49. The van der Waals surface area contributed by atoms with Crippen LogP contribution in [0.1, 0.15) is 18.4 Å². The van der Waals surface area contributed by atoms with Gasteiger partial charge in [0, 0.05) is 32.4 Å². The fourth-order valence-electron chi connectivity index (χ4n) is 3.13. The second kappa shape index (κ2) is 18.8. The van der Waals surface area contributed by atoms with Gasteiger partial charge in [0.15, 0.2) is 0 Å². The number of hydrogen-bond donors (Lipinski definition) is 7. The molecule has 41 heavy (non-hydrogen) atoms. The molecule has 0 aliphatic heterocycles. The van der Waals surface area contributed by atoms with Crippen molar-refractivity contribution in [1.29, 1.82) is 0 Å². The van der Waals surface area contributed by atoms with Crippen LogP contribution >= 0.6 is 0 Å². The van der Waals surface area contributed by atoms with E-state index in [1.54, 1.807) is 31.3 Å². The Morgan fingerprint density at radius 1 is 0.878 bits per heavy atom. The fourth-order valence-corrected chi connectivity index (χ4v) is 3.13. The third kappa shape index (κ3) is 15.7. The average molecular weight is 580 g/mol. The van der Waals surface area contributed by atoms with Gasteiger partial charge in [-0.05, 0) is 44.6 Å². The zero-order valence-electron chi connectivity index (χ0n) is 23.7. The zero-order chi connectivity index (χ0) is 30.8. The van der Waals surface area contributed by atoms with E-state index in [9.17, 15) is 28.8 Å². The van der Waals surface area contributed by atoms with E-state index in [0.29, 0.717) is 30.8 Å². The van der Waals surface area contributed by atoms with E-state index in [1.807, 2.05) is 19.0 Å². The number of rotatable bonds is 17. The van der Waals surface area contributed by atoms with Gasteiger partial charge in [0.05, 0.1) is 19.6 Å². The lowest BCUT2D eigenvalue weighted by Gasteiger charge is -2.20. The van der Waals surface area contributed by atoms with Crippen molar-refractivity contribution in [1.82, 2.24) is 31.1 Å². The van der Waals surface area contributed by atoms with E-state index < -0.39 is 48.3 Å². The van der Waals surface area contributed by atoms with Crippen molar-refractivity contribution in [2.75, 3.05) is 65.7 Å². The number of urea groups is 1. The zero-order valence-corrected chi connectivity index (χ0v) is 23.7. The SMILES string of the molecule is CN(C)CCN(C)C(=O)OCc1ccc(NC(=O)C(CCCNC(N)=O)NC(=O)CNC(=O)CNC(=O)CN)cc1. The predicted molar refractivity (Wildman–Crippen MR) is 150 cm³/mol. The van der Waals surface area contributed by atoms with Crippen molar-refractivity contribution in [2.45, 2.75) is 25.5 Å². The largest absolute Gasteiger partial charge is 0.445 e. The summed E-state index contributed by atoms with van der Waals surface area (Å²) in [7, 11) is 5.47. The highest BCUT2D eigenvalue weighted by molar-refractivity contribution is 5.98. The summed E-state index contributed by atoms with van der Waals surface area (Å²) in [5.74, 6) is -2.30. The van der Waals surface area contributed by atoms with Crippen molar-refractivity contribution < 1.29 is 33.5 Å². The minimum atomic E-state index is -0.996. The number of benzene rings is 1. The number of primary amides is 1. The summed E-state index contributed by atoms with van der Waals surface area (Å²) in [6.45, 7) is 0.392. The van der Waals surface area contributed by atoms with Gasteiger partial charge in [-0.3, -0.25) is 19.2 Å². The van der Waals surface area contributed by atoms with Crippen LogP contribution in [0.5, 0.6) is 0 Å². The van der Waals surface area contributed by atoms with Crippen LogP contribution in [0, 0.1) is 0 Å². The Balaban J connectivity index is 2.67. The molecule has 1 unspecified atom stereocenters. The lowest BCUT2D eigenvalue weighted by molar-refractivity contribution is -0.128. The highest BCUT2D eigenvalue weighted by Crippen LogP contribution is 2.12. The van der Waals surface area contributed by atoms with Crippen LogP contribution in [0.2, 0.25) is 0 Å². The second-order valence-electron chi connectivity index (χ2n) is 9.28. The lowest BCUT2D eigenvalue weighted by atomic mass is 10.1. The molecular formula is C25H41N9O7. The van der Waals surface area contributed by atoms with Gasteiger partial charge < -0.3 is 52.6 Å². The first-order valence-corrected chi connectivity index (χ1v) is 12.9. The molecule has 228 valence electrons. The maximum atomic E-state index is 12.9. The van der Waals surface area contributed by atoms with Crippen molar-refractivity contribution in [2.24, 2.45) is 11.5 Å². The molecule has 0 radical (unpaired) electrons. The molecule has 0 heterocycles. The first kappa shape index (κ1) is 34.6. The van der Waals surface area contributed by atoms with E-state index in [-0.39, 0.29) is 32.7 Å². The average Bonchev–Trinajstić information content (AvgIpc) is 2.94. The van der Waals surface area contributed by atoms with E-state index in [1.165, 1.54) is 4.90 Å². The van der Waals surface area contributed by atoms with Gasteiger partial charge in [0.1, 0.15) is 12.6 Å². The maximum Gasteiger partial charge on any atom is 0.409 e. The Bertz CT molecular complexity index is 1030. The number of likely N-dealkylation sites (N-methyl/N-ethyl adjacent to an activating group) is 2. The third-order valence-electron chi connectivity index (χ3n) is 5.48. The molecule has 0 aliphatic carbocycles. The smallest absolute Gasteiger partial charge is 0.409 e. The molecule has 0 aromatic heterocycles. The molecule has 0 saturated carbocycles. The number of nitrogens with two attached hydrogens (primary N) is 2. The van der Waals surface area contributed by atoms with Gasteiger partial charge in [0.25, 0.3) is 0 Å². The van der Waals surface area contributed by atoms with Gasteiger partial charge in [-0.1, -0.05) is 12.1 Å². The molecule has 1 aromatic carbocycles. The fraction of sp³-hybridized carbons (Fsp3) is 0.520. The molecule has 1 aromatic rings.